The van der Waals surface area contributed by atoms with E-state index in [0.717, 1.165) is 5.01 Å². The van der Waals surface area contributed by atoms with Crippen molar-refractivity contribution in [2.45, 2.75) is 19.9 Å². The second-order valence-corrected chi connectivity index (χ2v) is 4.43. The van der Waals surface area contributed by atoms with Crippen LogP contribution < -0.4 is 11.1 Å². The lowest BCUT2D eigenvalue weighted by Crippen LogP contribution is -2.14. The quantitative estimate of drug-likeness (QED) is 0.849. The maximum absolute atomic E-state index is 11.6. The van der Waals surface area contributed by atoms with Gasteiger partial charge in [-0.25, -0.2) is 4.98 Å². The number of nitrogens with two attached hydrogens (primary N) is 1. The molecular weight excluding hydrogens is 240 g/mol. The van der Waals surface area contributed by atoms with Gasteiger partial charge in [-0.05, 0) is 6.92 Å². The van der Waals surface area contributed by atoms with Crippen molar-refractivity contribution in [3.8, 4) is 0 Å². The Hall–Kier alpha value is -1.73. The number of anilines is 1. The summed E-state index contributed by atoms with van der Waals surface area (Å²) in [5.41, 5.74) is 6.16. The summed E-state index contributed by atoms with van der Waals surface area (Å²) in [5, 5.41) is 8.96. The molecule has 0 aliphatic rings. The Balaban J connectivity index is 1.93. The van der Waals surface area contributed by atoms with Crippen LogP contribution in [-0.2, 0) is 17.8 Å². The van der Waals surface area contributed by atoms with E-state index in [0.29, 0.717) is 23.8 Å². The highest BCUT2D eigenvalue weighted by molar-refractivity contribution is 7.09. The molecule has 17 heavy (non-hydrogen) atoms. The van der Waals surface area contributed by atoms with Crippen LogP contribution in [0.15, 0.2) is 16.0 Å². The third-order valence-electron chi connectivity index (χ3n) is 2.01. The van der Waals surface area contributed by atoms with Crippen LogP contribution in [0.25, 0.3) is 0 Å². The van der Waals surface area contributed by atoms with Gasteiger partial charge in [0.2, 0.25) is 5.91 Å². The Morgan fingerprint density at radius 3 is 3.06 bits per heavy atom. The van der Waals surface area contributed by atoms with Gasteiger partial charge in [0.25, 0.3) is 0 Å². The molecule has 7 heteroatoms. The van der Waals surface area contributed by atoms with E-state index in [1.165, 1.54) is 11.3 Å². The SMILES string of the molecule is Cc1cc(NC(=O)Cc2csc(CN)n2)no1. The number of nitrogens with zero attached hydrogens (tertiary/aromatic N) is 2. The summed E-state index contributed by atoms with van der Waals surface area (Å²) in [6, 6.07) is 1.66. The van der Waals surface area contributed by atoms with Gasteiger partial charge in [-0.1, -0.05) is 5.16 Å². The number of aryl methyl sites for hydroxylation is 1. The van der Waals surface area contributed by atoms with Crippen LogP contribution in [-0.4, -0.2) is 16.0 Å². The van der Waals surface area contributed by atoms with Crippen LogP contribution in [0, 0.1) is 6.92 Å². The number of carbonyl (C=O) groups is 1. The van der Waals surface area contributed by atoms with E-state index in [9.17, 15) is 4.79 Å². The second kappa shape index (κ2) is 5.07. The maximum Gasteiger partial charge on any atom is 0.231 e. The zero-order valence-electron chi connectivity index (χ0n) is 9.27. The first-order chi connectivity index (χ1) is 8.17. The molecule has 2 heterocycles. The van der Waals surface area contributed by atoms with Crippen molar-refractivity contribution in [2.75, 3.05) is 5.32 Å². The van der Waals surface area contributed by atoms with Gasteiger partial charge < -0.3 is 15.6 Å². The predicted molar refractivity (Wildman–Crippen MR) is 63.6 cm³/mol. The van der Waals surface area contributed by atoms with Crippen molar-refractivity contribution >= 4 is 23.1 Å². The number of aromatic nitrogens is 2. The number of rotatable bonds is 4. The average molecular weight is 252 g/mol. The van der Waals surface area contributed by atoms with Gasteiger partial charge in [0.05, 0.1) is 12.1 Å². The summed E-state index contributed by atoms with van der Waals surface area (Å²) in [5.74, 6) is 0.897. The predicted octanol–water partition coefficient (Wildman–Crippen LogP) is 1.08. The van der Waals surface area contributed by atoms with Crippen molar-refractivity contribution in [2.24, 2.45) is 5.73 Å². The third kappa shape index (κ3) is 3.11. The number of hydrogen-bond acceptors (Lipinski definition) is 6. The van der Waals surface area contributed by atoms with Crippen LogP contribution in [0.5, 0.6) is 0 Å². The van der Waals surface area contributed by atoms with Crippen LogP contribution in [0.3, 0.4) is 0 Å². The molecule has 90 valence electrons. The van der Waals surface area contributed by atoms with Gasteiger partial charge in [0, 0.05) is 18.0 Å². The molecule has 0 aliphatic carbocycles. The Morgan fingerprint density at radius 1 is 1.65 bits per heavy atom. The van der Waals surface area contributed by atoms with Gasteiger partial charge in [0.15, 0.2) is 5.82 Å². The fourth-order valence-corrected chi connectivity index (χ4v) is 1.98. The average Bonchev–Trinajstić information content (AvgIpc) is 2.88. The summed E-state index contributed by atoms with van der Waals surface area (Å²) >= 11 is 1.45. The molecule has 2 rings (SSSR count). The zero-order valence-corrected chi connectivity index (χ0v) is 10.1. The zero-order chi connectivity index (χ0) is 12.3. The number of carbonyl (C=O) groups excluding carboxylic acids is 1. The smallest absolute Gasteiger partial charge is 0.231 e. The molecule has 6 nitrogen and oxygen atoms in total. The Bertz CT molecular complexity index is 520. The lowest BCUT2D eigenvalue weighted by Gasteiger charge is -1.97. The van der Waals surface area contributed by atoms with E-state index in [1.807, 2.05) is 5.38 Å². The first-order valence-corrected chi connectivity index (χ1v) is 5.92. The number of thiazole rings is 1. The Labute approximate surface area is 102 Å². The first-order valence-electron chi connectivity index (χ1n) is 5.04. The van der Waals surface area contributed by atoms with E-state index in [-0.39, 0.29) is 12.3 Å². The molecule has 0 saturated heterocycles. The lowest BCUT2D eigenvalue weighted by molar-refractivity contribution is -0.115. The summed E-state index contributed by atoms with van der Waals surface area (Å²) in [6.45, 7) is 2.16. The van der Waals surface area contributed by atoms with Crippen LogP contribution >= 0.6 is 11.3 Å². The van der Waals surface area contributed by atoms with Crippen LogP contribution in [0.4, 0.5) is 5.82 Å². The minimum atomic E-state index is -0.174. The normalized spacial score (nSPS) is 10.5. The van der Waals surface area contributed by atoms with Crippen molar-refractivity contribution in [3.05, 3.63) is 27.9 Å². The van der Waals surface area contributed by atoms with Gasteiger partial charge in [0.1, 0.15) is 10.8 Å². The molecule has 0 aliphatic heterocycles. The molecule has 0 radical (unpaired) electrons. The standard InChI is InChI=1S/C10H12N4O2S/c1-6-2-8(14-16-6)13-9(15)3-7-5-17-10(4-11)12-7/h2,5H,3-4,11H2,1H3,(H,13,14,15). The molecule has 0 aromatic carbocycles. The highest BCUT2D eigenvalue weighted by atomic mass is 32.1. The second-order valence-electron chi connectivity index (χ2n) is 3.48. The van der Waals surface area contributed by atoms with E-state index in [2.05, 4.69) is 15.5 Å². The topological polar surface area (TPSA) is 94.0 Å². The molecule has 0 unspecified atom stereocenters. The highest BCUT2D eigenvalue weighted by Gasteiger charge is 2.09. The van der Waals surface area contributed by atoms with Crippen LogP contribution in [0.1, 0.15) is 16.5 Å². The largest absolute Gasteiger partial charge is 0.360 e. The van der Waals surface area contributed by atoms with Crippen LogP contribution in [0.2, 0.25) is 0 Å². The van der Waals surface area contributed by atoms with Gasteiger partial charge in [-0.3, -0.25) is 4.79 Å². The highest BCUT2D eigenvalue weighted by Crippen LogP contribution is 2.11. The molecule has 0 bridgehead atoms. The van der Waals surface area contributed by atoms with Crippen molar-refractivity contribution in [3.63, 3.8) is 0 Å². The molecule has 2 aromatic rings. The van der Waals surface area contributed by atoms with Gasteiger partial charge in [-0.2, -0.15) is 0 Å². The maximum atomic E-state index is 11.6. The monoisotopic (exact) mass is 252 g/mol. The third-order valence-corrected chi connectivity index (χ3v) is 2.93. The van der Waals surface area contributed by atoms with Gasteiger partial charge >= 0.3 is 0 Å². The van der Waals surface area contributed by atoms with E-state index in [4.69, 9.17) is 10.3 Å². The molecular formula is C10H12N4O2S. The number of nitrogens with one attached hydrogen (secondary N) is 1. The lowest BCUT2D eigenvalue weighted by atomic mass is 10.3. The molecule has 1 amide bonds. The minimum absolute atomic E-state index is 0.174. The van der Waals surface area contributed by atoms with E-state index >= 15 is 0 Å². The summed E-state index contributed by atoms with van der Waals surface area (Å²) < 4.78 is 4.84. The van der Waals surface area contributed by atoms with Crippen molar-refractivity contribution in [1.29, 1.82) is 0 Å². The summed E-state index contributed by atoms with van der Waals surface area (Å²) in [7, 11) is 0. The summed E-state index contributed by atoms with van der Waals surface area (Å²) in [6.07, 6.45) is 0.211. The summed E-state index contributed by atoms with van der Waals surface area (Å²) in [4.78, 5) is 15.8. The van der Waals surface area contributed by atoms with E-state index < -0.39 is 0 Å². The number of hydrogen-bond donors (Lipinski definition) is 2. The van der Waals surface area contributed by atoms with Crippen molar-refractivity contribution in [1.82, 2.24) is 10.1 Å². The Morgan fingerprint density at radius 2 is 2.47 bits per heavy atom. The van der Waals surface area contributed by atoms with Gasteiger partial charge in [-0.15, -0.1) is 11.3 Å². The molecule has 3 N–H and O–H groups in total. The molecule has 0 atom stereocenters. The number of amides is 1. The molecule has 0 saturated carbocycles. The fourth-order valence-electron chi connectivity index (χ4n) is 1.30. The first kappa shape index (κ1) is 11.7. The van der Waals surface area contributed by atoms with E-state index in [1.54, 1.807) is 13.0 Å². The van der Waals surface area contributed by atoms with Crippen molar-refractivity contribution < 1.29 is 9.32 Å². The minimum Gasteiger partial charge on any atom is -0.360 e. The molecule has 0 fully saturated rings. The Kier molecular flexibility index (Phi) is 3.50. The molecule has 0 spiro atoms. The fraction of sp³-hybridized carbons (Fsp3) is 0.300. The molecule has 2 aromatic heterocycles.